The van der Waals surface area contributed by atoms with Gasteiger partial charge < -0.3 is 5.73 Å². The molecule has 84 valence electrons. The van der Waals surface area contributed by atoms with Crippen molar-refractivity contribution in [3.8, 4) is 0 Å². The summed E-state index contributed by atoms with van der Waals surface area (Å²) in [6.45, 7) is 4.01. The van der Waals surface area contributed by atoms with Gasteiger partial charge in [-0.2, -0.15) is 0 Å². The molecule has 0 amide bonds. The van der Waals surface area contributed by atoms with E-state index in [0.717, 1.165) is 22.7 Å². The maximum absolute atomic E-state index is 6.19. The second-order valence-corrected chi connectivity index (χ2v) is 5.35. The molecular weight excluding hydrogens is 240 g/mol. The second-order valence-electron chi connectivity index (χ2n) is 3.83. The van der Waals surface area contributed by atoms with E-state index in [9.17, 15) is 0 Å². The molecule has 0 spiro atoms. The van der Waals surface area contributed by atoms with Crippen LogP contribution in [0.1, 0.15) is 21.7 Å². The first-order valence-corrected chi connectivity index (χ1v) is 6.22. The van der Waals surface area contributed by atoms with Crippen molar-refractivity contribution in [1.29, 1.82) is 0 Å². The third-order valence-corrected chi connectivity index (χ3v) is 3.81. The van der Waals surface area contributed by atoms with Crippen LogP contribution in [0.15, 0.2) is 18.2 Å². The van der Waals surface area contributed by atoms with Crippen LogP contribution in [0, 0.1) is 13.8 Å². The highest BCUT2D eigenvalue weighted by molar-refractivity contribution is 7.15. The summed E-state index contributed by atoms with van der Waals surface area (Å²) in [5.41, 5.74) is 8.97. The van der Waals surface area contributed by atoms with Crippen molar-refractivity contribution < 1.29 is 0 Å². The van der Waals surface area contributed by atoms with Gasteiger partial charge in [0.15, 0.2) is 5.13 Å². The minimum absolute atomic E-state index is 0.621. The van der Waals surface area contributed by atoms with E-state index in [1.165, 1.54) is 21.8 Å². The van der Waals surface area contributed by atoms with Gasteiger partial charge in [0, 0.05) is 16.3 Å². The molecule has 4 heteroatoms. The first-order chi connectivity index (χ1) is 7.56. The average Bonchev–Trinajstić information content (AvgIpc) is 2.50. The molecule has 0 aliphatic rings. The van der Waals surface area contributed by atoms with Crippen LogP contribution in [-0.4, -0.2) is 4.98 Å². The normalized spacial score (nSPS) is 10.7. The molecule has 16 heavy (non-hydrogen) atoms. The Labute approximate surface area is 104 Å². The molecule has 2 nitrogen and oxygen atoms in total. The van der Waals surface area contributed by atoms with Crippen LogP contribution in [0.4, 0.5) is 5.13 Å². The molecule has 0 fully saturated rings. The number of anilines is 1. The summed E-state index contributed by atoms with van der Waals surface area (Å²) in [6.07, 6.45) is 0.805. The van der Waals surface area contributed by atoms with Gasteiger partial charge in [-0.25, -0.2) is 4.98 Å². The highest BCUT2D eigenvalue weighted by atomic mass is 35.5. The van der Waals surface area contributed by atoms with E-state index in [1.807, 2.05) is 19.9 Å². The van der Waals surface area contributed by atoms with E-state index in [2.05, 4.69) is 17.1 Å². The zero-order valence-electron chi connectivity index (χ0n) is 9.25. The number of aromatic nitrogens is 1. The third kappa shape index (κ3) is 2.36. The van der Waals surface area contributed by atoms with Crippen LogP contribution >= 0.6 is 22.9 Å². The summed E-state index contributed by atoms with van der Waals surface area (Å²) in [5.74, 6) is 0. The number of hydrogen-bond acceptors (Lipinski definition) is 3. The van der Waals surface area contributed by atoms with Crippen molar-refractivity contribution in [2.24, 2.45) is 0 Å². The van der Waals surface area contributed by atoms with E-state index in [0.29, 0.717) is 5.13 Å². The molecule has 0 saturated carbocycles. The number of thiazole rings is 1. The molecule has 0 saturated heterocycles. The van der Waals surface area contributed by atoms with Crippen LogP contribution < -0.4 is 5.73 Å². The highest BCUT2D eigenvalue weighted by Crippen LogP contribution is 2.26. The number of halogens is 1. The fraction of sp³-hybridized carbons (Fsp3) is 0.250. The van der Waals surface area contributed by atoms with Gasteiger partial charge in [0.05, 0.1) is 5.69 Å². The van der Waals surface area contributed by atoms with Gasteiger partial charge in [-0.3, -0.25) is 0 Å². The fourth-order valence-electron chi connectivity index (χ4n) is 1.58. The molecule has 2 rings (SSSR count). The van der Waals surface area contributed by atoms with E-state index < -0.39 is 0 Å². The van der Waals surface area contributed by atoms with Crippen LogP contribution in [0.3, 0.4) is 0 Å². The molecule has 0 aliphatic heterocycles. The molecule has 0 atom stereocenters. The topological polar surface area (TPSA) is 38.9 Å². The molecule has 0 aliphatic carbocycles. The zero-order chi connectivity index (χ0) is 11.7. The number of benzene rings is 1. The lowest BCUT2D eigenvalue weighted by atomic mass is 10.1. The Morgan fingerprint density at radius 1 is 1.38 bits per heavy atom. The Morgan fingerprint density at radius 3 is 2.69 bits per heavy atom. The van der Waals surface area contributed by atoms with Gasteiger partial charge in [-0.05, 0) is 31.0 Å². The number of nitrogens with two attached hydrogens (primary N) is 1. The summed E-state index contributed by atoms with van der Waals surface area (Å²) < 4.78 is 0. The van der Waals surface area contributed by atoms with Gasteiger partial charge >= 0.3 is 0 Å². The van der Waals surface area contributed by atoms with Gasteiger partial charge in [0.25, 0.3) is 0 Å². The summed E-state index contributed by atoms with van der Waals surface area (Å²) >= 11 is 7.72. The number of nitrogen functional groups attached to an aromatic ring is 1. The minimum atomic E-state index is 0.621. The first-order valence-electron chi connectivity index (χ1n) is 5.03. The van der Waals surface area contributed by atoms with Crippen LogP contribution in [0.25, 0.3) is 0 Å². The van der Waals surface area contributed by atoms with E-state index in [4.69, 9.17) is 17.3 Å². The number of aryl methyl sites for hydroxylation is 2. The predicted octanol–water partition coefficient (Wildman–Crippen LogP) is 3.59. The van der Waals surface area contributed by atoms with Crippen LogP contribution in [0.2, 0.25) is 5.02 Å². The molecule has 1 aromatic heterocycles. The van der Waals surface area contributed by atoms with Crippen molar-refractivity contribution in [2.75, 3.05) is 5.73 Å². The number of nitrogens with zero attached hydrogens (tertiary/aromatic N) is 1. The lowest BCUT2D eigenvalue weighted by Crippen LogP contribution is -1.89. The zero-order valence-corrected chi connectivity index (χ0v) is 10.8. The van der Waals surface area contributed by atoms with E-state index >= 15 is 0 Å². The maximum atomic E-state index is 6.19. The number of hydrogen-bond donors (Lipinski definition) is 1. The Morgan fingerprint density at radius 2 is 2.12 bits per heavy atom. The largest absolute Gasteiger partial charge is 0.375 e. The molecule has 1 heterocycles. The summed E-state index contributed by atoms with van der Waals surface area (Å²) in [6, 6.07) is 6.12. The minimum Gasteiger partial charge on any atom is -0.375 e. The fourth-order valence-corrected chi connectivity index (χ4v) is 2.74. The first kappa shape index (κ1) is 11.4. The lowest BCUT2D eigenvalue weighted by molar-refractivity contribution is 1.15. The highest BCUT2D eigenvalue weighted by Gasteiger charge is 2.08. The molecule has 0 radical (unpaired) electrons. The third-order valence-electron chi connectivity index (χ3n) is 2.47. The Bertz CT molecular complexity index is 520. The monoisotopic (exact) mass is 252 g/mol. The van der Waals surface area contributed by atoms with Gasteiger partial charge in [-0.1, -0.05) is 23.7 Å². The Balaban J connectivity index is 2.30. The van der Waals surface area contributed by atoms with Gasteiger partial charge in [0.2, 0.25) is 0 Å². The summed E-state index contributed by atoms with van der Waals surface area (Å²) in [4.78, 5) is 5.39. The van der Waals surface area contributed by atoms with Crippen molar-refractivity contribution >= 4 is 28.1 Å². The smallest absolute Gasteiger partial charge is 0.180 e. The second kappa shape index (κ2) is 4.44. The molecule has 1 aromatic carbocycles. The van der Waals surface area contributed by atoms with Crippen molar-refractivity contribution in [3.05, 3.63) is 44.9 Å². The summed E-state index contributed by atoms with van der Waals surface area (Å²) in [5, 5.41) is 1.43. The molecule has 2 aromatic rings. The van der Waals surface area contributed by atoms with Crippen LogP contribution in [-0.2, 0) is 6.42 Å². The van der Waals surface area contributed by atoms with Gasteiger partial charge in [-0.15, -0.1) is 11.3 Å². The van der Waals surface area contributed by atoms with Gasteiger partial charge in [0.1, 0.15) is 0 Å². The summed E-state index contributed by atoms with van der Waals surface area (Å²) in [7, 11) is 0. The average molecular weight is 253 g/mol. The van der Waals surface area contributed by atoms with E-state index in [1.54, 1.807) is 0 Å². The van der Waals surface area contributed by atoms with Crippen molar-refractivity contribution in [2.45, 2.75) is 20.3 Å². The lowest BCUT2D eigenvalue weighted by Gasteiger charge is -2.04. The maximum Gasteiger partial charge on any atom is 0.180 e. The van der Waals surface area contributed by atoms with Crippen molar-refractivity contribution in [1.82, 2.24) is 4.98 Å². The quantitative estimate of drug-likeness (QED) is 0.887. The van der Waals surface area contributed by atoms with E-state index in [-0.39, 0.29) is 0 Å². The SMILES string of the molecule is Cc1ccc(Cc2sc(N)nc2C)c(Cl)c1. The Kier molecular flexibility index (Phi) is 3.17. The molecule has 0 bridgehead atoms. The predicted molar refractivity (Wildman–Crippen MR) is 70.3 cm³/mol. The Hall–Kier alpha value is -1.06. The number of rotatable bonds is 2. The molecule has 0 unspecified atom stereocenters. The standard InChI is InChI=1S/C12H13ClN2S/c1-7-3-4-9(10(13)5-7)6-11-8(2)15-12(14)16-11/h3-5H,6H2,1-2H3,(H2,14,15). The molecule has 2 N–H and O–H groups in total. The van der Waals surface area contributed by atoms with Crippen molar-refractivity contribution in [3.63, 3.8) is 0 Å². The van der Waals surface area contributed by atoms with Crippen LogP contribution in [0.5, 0.6) is 0 Å². The molecular formula is C12H13ClN2S.